The van der Waals surface area contributed by atoms with Crippen LogP contribution in [0, 0.1) is 0 Å². The molecule has 1 aliphatic rings. The first-order chi connectivity index (χ1) is 14.9. The molecule has 1 amide bonds. The second-order valence-electron chi connectivity index (χ2n) is 7.24. The molecule has 6 nitrogen and oxygen atoms in total. The molecule has 166 valence electrons. The number of hydrogen-bond donors (Lipinski definition) is 2. The van der Waals surface area contributed by atoms with Gasteiger partial charge in [0.1, 0.15) is 6.04 Å². The molecule has 31 heavy (non-hydrogen) atoms. The van der Waals surface area contributed by atoms with E-state index >= 15 is 0 Å². The molecule has 0 saturated carbocycles. The molecule has 9 heteroatoms. The summed E-state index contributed by atoms with van der Waals surface area (Å²) >= 11 is 12.0. The molecule has 3 N–H and O–H groups in total. The Morgan fingerprint density at radius 1 is 1.03 bits per heavy atom. The third-order valence-electron chi connectivity index (χ3n) is 5.03. The number of benzene rings is 2. The van der Waals surface area contributed by atoms with Crippen LogP contribution in [0.3, 0.4) is 0 Å². The fraction of sp³-hybridized carbons (Fsp3) is 0.318. The molecular weight excluding hydrogens is 457 g/mol. The molecule has 0 unspecified atom stereocenters. The Morgan fingerprint density at radius 2 is 1.81 bits per heavy atom. The first kappa shape index (κ1) is 23.6. The number of hydrogen-bond acceptors (Lipinski definition) is 4. The van der Waals surface area contributed by atoms with Crippen molar-refractivity contribution >= 4 is 50.5 Å². The van der Waals surface area contributed by atoms with Crippen LogP contribution in [0.25, 0.3) is 0 Å². The van der Waals surface area contributed by atoms with E-state index < -0.39 is 16.1 Å². The number of amides is 1. The van der Waals surface area contributed by atoms with Crippen molar-refractivity contribution in [1.29, 1.82) is 0 Å². The number of nitrogens with zero attached hydrogens (tertiary/aromatic N) is 1. The highest BCUT2D eigenvalue weighted by molar-refractivity contribution is 7.93. The summed E-state index contributed by atoms with van der Waals surface area (Å²) in [5.74, 6) is -0.380. The fourth-order valence-corrected chi connectivity index (χ4v) is 5.47. The first-order valence-corrected chi connectivity index (χ1v) is 12.3. The van der Waals surface area contributed by atoms with Gasteiger partial charge in [-0.3, -0.25) is 9.10 Å². The molecule has 1 aliphatic heterocycles. The van der Waals surface area contributed by atoms with Gasteiger partial charge in [0.2, 0.25) is 5.91 Å². The Hall–Kier alpha value is -2.06. The largest absolute Gasteiger partial charge is 0.330 e. The zero-order valence-corrected chi connectivity index (χ0v) is 19.3. The Labute approximate surface area is 193 Å². The standard InChI is InChI=1S/C22H25Cl2N3O3S/c23-17-13-12-16(15-18(17)24)31(29,30)27-20-10-7-6-9-19(20)26-22(28)21(27)11-5-3-1-2-4-8-14-25/h3,5-7,9-10,12-13,15,21H,1-2,4,8,11,14,25H2,(H,26,28)/b5-3+/t21-/m1/s1. The third kappa shape index (κ3) is 5.41. The van der Waals surface area contributed by atoms with Gasteiger partial charge in [0.15, 0.2) is 0 Å². The molecule has 0 aliphatic carbocycles. The van der Waals surface area contributed by atoms with Crippen LogP contribution < -0.4 is 15.4 Å². The summed E-state index contributed by atoms with van der Waals surface area (Å²) in [6.07, 6.45) is 7.95. The number of para-hydroxylation sites is 2. The highest BCUT2D eigenvalue weighted by atomic mass is 35.5. The van der Waals surface area contributed by atoms with E-state index in [1.165, 1.54) is 22.5 Å². The second-order valence-corrected chi connectivity index (χ2v) is 9.87. The van der Waals surface area contributed by atoms with Crippen LogP contribution in [0.1, 0.15) is 32.1 Å². The molecule has 0 saturated heterocycles. The lowest BCUT2D eigenvalue weighted by Crippen LogP contribution is -2.50. The number of anilines is 2. The summed E-state index contributed by atoms with van der Waals surface area (Å²) in [6.45, 7) is 0.674. The van der Waals surface area contributed by atoms with Crippen LogP contribution in [0.4, 0.5) is 11.4 Å². The van der Waals surface area contributed by atoms with Crippen molar-refractivity contribution in [1.82, 2.24) is 0 Å². The van der Waals surface area contributed by atoms with E-state index in [1.807, 2.05) is 12.2 Å². The van der Waals surface area contributed by atoms with Crippen molar-refractivity contribution < 1.29 is 13.2 Å². The van der Waals surface area contributed by atoms with E-state index in [0.717, 1.165) is 25.7 Å². The van der Waals surface area contributed by atoms with E-state index in [0.29, 0.717) is 17.9 Å². The van der Waals surface area contributed by atoms with Gasteiger partial charge in [0, 0.05) is 0 Å². The minimum atomic E-state index is -4.07. The molecule has 1 heterocycles. The lowest BCUT2D eigenvalue weighted by molar-refractivity contribution is -0.117. The topological polar surface area (TPSA) is 92.5 Å². The van der Waals surface area contributed by atoms with Crippen molar-refractivity contribution in [2.45, 2.75) is 43.0 Å². The average Bonchev–Trinajstić information content (AvgIpc) is 2.74. The summed E-state index contributed by atoms with van der Waals surface area (Å²) in [4.78, 5) is 12.8. The number of carbonyl (C=O) groups is 1. The van der Waals surface area contributed by atoms with E-state index in [9.17, 15) is 13.2 Å². The van der Waals surface area contributed by atoms with Crippen LogP contribution in [-0.2, 0) is 14.8 Å². The maximum atomic E-state index is 13.6. The molecule has 3 rings (SSSR count). The van der Waals surface area contributed by atoms with Crippen LogP contribution in [0.5, 0.6) is 0 Å². The van der Waals surface area contributed by atoms with Gasteiger partial charge in [-0.1, -0.05) is 53.9 Å². The van der Waals surface area contributed by atoms with Crippen LogP contribution in [-0.4, -0.2) is 26.9 Å². The predicted octanol–water partition coefficient (Wildman–Crippen LogP) is 4.97. The lowest BCUT2D eigenvalue weighted by Gasteiger charge is -2.36. The molecule has 0 fully saturated rings. The van der Waals surface area contributed by atoms with Gasteiger partial charge in [-0.05, 0) is 62.6 Å². The number of nitrogens with one attached hydrogen (secondary N) is 1. The quantitative estimate of drug-likeness (QED) is 0.390. The van der Waals surface area contributed by atoms with Crippen molar-refractivity contribution in [3.05, 3.63) is 64.7 Å². The average molecular weight is 482 g/mol. The van der Waals surface area contributed by atoms with Crippen molar-refractivity contribution in [2.75, 3.05) is 16.2 Å². The predicted molar refractivity (Wildman–Crippen MR) is 126 cm³/mol. The maximum absolute atomic E-state index is 13.6. The number of rotatable bonds is 9. The Bertz CT molecular complexity index is 1070. The Morgan fingerprint density at radius 3 is 2.55 bits per heavy atom. The molecule has 1 atom stereocenters. The number of nitrogens with two attached hydrogens (primary N) is 1. The molecule has 0 bridgehead atoms. The summed E-state index contributed by atoms with van der Waals surface area (Å²) in [5.41, 5.74) is 6.36. The highest BCUT2D eigenvalue weighted by Gasteiger charge is 2.40. The number of allylic oxidation sites excluding steroid dienone is 1. The SMILES string of the molecule is NCCCCC/C=C/C[C@@H]1C(=O)Nc2ccccc2N1S(=O)(=O)c1ccc(Cl)c(Cl)c1. The van der Waals surface area contributed by atoms with Crippen LogP contribution in [0.15, 0.2) is 59.5 Å². The lowest BCUT2D eigenvalue weighted by atomic mass is 10.1. The second kappa shape index (κ2) is 10.5. The number of carbonyl (C=O) groups excluding carboxylic acids is 1. The smallest absolute Gasteiger partial charge is 0.265 e. The Balaban J connectivity index is 1.92. The highest BCUT2D eigenvalue weighted by Crippen LogP contribution is 2.38. The van der Waals surface area contributed by atoms with Gasteiger partial charge in [-0.2, -0.15) is 0 Å². The number of halogens is 2. The van der Waals surface area contributed by atoms with Crippen molar-refractivity contribution in [3.63, 3.8) is 0 Å². The summed E-state index contributed by atoms with van der Waals surface area (Å²) in [6, 6.07) is 10.0. The normalized spacial score (nSPS) is 16.4. The van der Waals surface area contributed by atoms with Crippen LogP contribution >= 0.6 is 23.2 Å². The van der Waals surface area contributed by atoms with Gasteiger partial charge >= 0.3 is 0 Å². The monoisotopic (exact) mass is 481 g/mol. The van der Waals surface area contributed by atoms with Crippen LogP contribution in [0.2, 0.25) is 10.0 Å². The van der Waals surface area contributed by atoms with E-state index in [1.54, 1.807) is 24.3 Å². The third-order valence-corrected chi connectivity index (χ3v) is 7.59. The molecule has 0 spiro atoms. The number of sulfonamides is 1. The van der Waals surface area contributed by atoms with Crippen molar-refractivity contribution in [2.24, 2.45) is 5.73 Å². The van der Waals surface area contributed by atoms with Gasteiger partial charge in [0.05, 0.1) is 26.3 Å². The van der Waals surface area contributed by atoms with E-state index in [2.05, 4.69) is 5.32 Å². The van der Waals surface area contributed by atoms with Gasteiger partial charge in [0.25, 0.3) is 10.0 Å². The van der Waals surface area contributed by atoms with Gasteiger partial charge < -0.3 is 11.1 Å². The summed E-state index contributed by atoms with van der Waals surface area (Å²) in [5, 5.41) is 3.20. The fourth-order valence-electron chi connectivity index (χ4n) is 3.44. The maximum Gasteiger partial charge on any atom is 0.265 e. The van der Waals surface area contributed by atoms with Crippen molar-refractivity contribution in [3.8, 4) is 0 Å². The van der Waals surface area contributed by atoms with Gasteiger partial charge in [-0.15, -0.1) is 0 Å². The molecule has 0 radical (unpaired) electrons. The van der Waals surface area contributed by atoms with E-state index in [-0.39, 0.29) is 27.3 Å². The van der Waals surface area contributed by atoms with Gasteiger partial charge in [-0.25, -0.2) is 8.42 Å². The molecule has 0 aromatic heterocycles. The zero-order chi connectivity index (χ0) is 22.4. The van der Waals surface area contributed by atoms with E-state index in [4.69, 9.17) is 28.9 Å². The number of fused-ring (bicyclic) bond motifs is 1. The molecule has 2 aromatic rings. The minimum absolute atomic E-state index is 0.0258. The summed E-state index contributed by atoms with van der Waals surface area (Å²) < 4.78 is 28.3. The molecular formula is C22H25Cl2N3O3S. The number of unbranched alkanes of at least 4 members (excludes halogenated alkanes) is 3. The first-order valence-electron chi connectivity index (χ1n) is 10.1. The molecule has 2 aromatic carbocycles. The summed E-state index contributed by atoms with van der Waals surface area (Å²) in [7, 11) is -4.07. The Kier molecular flexibility index (Phi) is 8.00. The zero-order valence-electron chi connectivity index (χ0n) is 16.9. The minimum Gasteiger partial charge on any atom is -0.330 e.